The molecule has 0 spiro atoms. The molecule has 0 aromatic heterocycles. The van der Waals surface area contributed by atoms with E-state index in [1.807, 2.05) is 87.5 Å². The summed E-state index contributed by atoms with van der Waals surface area (Å²) in [5.74, 6) is -1.73. The molecule has 1 N–H and O–H groups in total. The van der Waals surface area contributed by atoms with Crippen molar-refractivity contribution in [3.8, 4) is 0 Å². The van der Waals surface area contributed by atoms with Crippen LogP contribution in [-0.2, 0) is 37.0 Å². The summed E-state index contributed by atoms with van der Waals surface area (Å²) in [5.41, 5.74) is 4.38. The molecule has 2 aromatic carbocycles. The maximum Gasteiger partial charge on any atom is 0.311 e. The Balaban J connectivity index is 1.90. The van der Waals surface area contributed by atoms with Crippen LogP contribution in [0.3, 0.4) is 0 Å². The van der Waals surface area contributed by atoms with Crippen LogP contribution in [0.15, 0.2) is 78.0 Å². The van der Waals surface area contributed by atoms with Crippen LogP contribution < -0.4 is 0 Å². The maximum absolute atomic E-state index is 13.4. The number of cyclic esters (lactones) is 1. The predicted molar refractivity (Wildman–Crippen MR) is 151 cm³/mol. The van der Waals surface area contributed by atoms with Crippen LogP contribution in [0.2, 0.25) is 0 Å². The third-order valence-electron chi connectivity index (χ3n) is 7.38. The Kier molecular flexibility index (Phi) is 11.3. The highest BCUT2D eigenvalue weighted by atomic mass is 16.5. The Labute approximate surface area is 232 Å². The third-order valence-corrected chi connectivity index (χ3v) is 7.38. The van der Waals surface area contributed by atoms with E-state index in [0.29, 0.717) is 13.0 Å². The zero-order valence-corrected chi connectivity index (χ0v) is 23.8. The zero-order chi connectivity index (χ0) is 28.4. The van der Waals surface area contributed by atoms with E-state index in [9.17, 15) is 14.7 Å². The van der Waals surface area contributed by atoms with Gasteiger partial charge in [0.2, 0.25) is 0 Å². The quantitative estimate of drug-likeness (QED) is 0.348. The SMILES string of the molecule is CC[C@H]1OC(=O)[C@H](C)[C@@H](OCc2ccccc2)CC(=O)[C@](C)(O)C[C@@H](C)[C@H](OCc2ccccc2)C=C=C1C. The normalized spacial score (nSPS) is 28.9. The summed E-state index contributed by atoms with van der Waals surface area (Å²) < 4.78 is 18.2. The molecular weight excluding hydrogens is 492 g/mol. The van der Waals surface area contributed by atoms with Gasteiger partial charge in [-0.15, -0.1) is 5.73 Å². The second-order valence-corrected chi connectivity index (χ2v) is 10.8. The fraction of sp³-hybridized carbons (Fsp3) is 0.485. The summed E-state index contributed by atoms with van der Waals surface area (Å²) in [7, 11) is 0. The summed E-state index contributed by atoms with van der Waals surface area (Å²) in [6.45, 7) is 9.65. The highest BCUT2D eigenvalue weighted by Crippen LogP contribution is 2.28. The topological polar surface area (TPSA) is 82.1 Å². The molecule has 1 aliphatic heterocycles. The molecule has 210 valence electrons. The third kappa shape index (κ3) is 9.01. The summed E-state index contributed by atoms with van der Waals surface area (Å²) in [6, 6.07) is 19.4. The van der Waals surface area contributed by atoms with Crippen molar-refractivity contribution in [2.75, 3.05) is 0 Å². The average molecular weight is 535 g/mol. The lowest BCUT2D eigenvalue weighted by molar-refractivity contribution is -0.160. The highest BCUT2D eigenvalue weighted by Gasteiger charge is 2.38. The first-order chi connectivity index (χ1) is 18.6. The van der Waals surface area contributed by atoms with Crippen molar-refractivity contribution in [1.29, 1.82) is 0 Å². The minimum absolute atomic E-state index is 0.111. The Morgan fingerprint density at radius 2 is 1.54 bits per heavy atom. The van der Waals surface area contributed by atoms with Crippen molar-refractivity contribution in [3.05, 3.63) is 89.2 Å². The van der Waals surface area contributed by atoms with E-state index < -0.39 is 35.8 Å². The van der Waals surface area contributed by atoms with E-state index in [0.717, 1.165) is 16.7 Å². The van der Waals surface area contributed by atoms with Crippen molar-refractivity contribution in [3.63, 3.8) is 0 Å². The first-order valence-corrected chi connectivity index (χ1v) is 13.8. The molecule has 6 heteroatoms. The molecule has 0 bridgehead atoms. The molecule has 0 radical (unpaired) electrons. The fourth-order valence-corrected chi connectivity index (χ4v) is 4.74. The molecule has 0 saturated carbocycles. The number of ether oxygens (including phenoxy) is 3. The molecule has 0 saturated heterocycles. The molecule has 3 rings (SSSR count). The second-order valence-electron chi connectivity index (χ2n) is 10.8. The summed E-state index contributed by atoms with van der Waals surface area (Å²) in [4.78, 5) is 26.6. The number of rotatable bonds is 7. The first-order valence-electron chi connectivity index (χ1n) is 13.8. The van der Waals surface area contributed by atoms with Crippen molar-refractivity contribution in [2.24, 2.45) is 11.8 Å². The monoisotopic (exact) mass is 534 g/mol. The predicted octanol–water partition coefficient (Wildman–Crippen LogP) is 5.97. The minimum atomic E-state index is -1.63. The van der Waals surface area contributed by atoms with Gasteiger partial charge >= 0.3 is 5.97 Å². The number of hydrogen-bond acceptors (Lipinski definition) is 6. The van der Waals surface area contributed by atoms with Gasteiger partial charge in [0, 0.05) is 12.0 Å². The van der Waals surface area contributed by atoms with Crippen LogP contribution in [0.25, 0.3) is 0 Å². The lowest BCUT2D eigenvalue weighted by Gasteiger charge is -2.32. The van der Waals surface area contributed by atoms with Gasteiger partial charge in [-0.3, -0.25) is 9.59 Å². The number of benzene rings is 2. The van der Waals surface area contributed by atoms with Gasteiger partial charge in [0.05, 0.1) is 31.3 Å². The number of esters is 1. The largest absolute Gasteiger partial charge is 0.457 e. The molecule has 6 atom stereocenters. The van der Waals surface area contributed by atoms with E-state index >= 15 is 0 Å². The highest BCUT2D eigenvalue weighted by molar-refractivity contribution is 5.87. The molecule has 6 nitrogen and oxygen atoms in total. The standard InChI is InChI=1S/C33H42O6/c1-6-28-23(2)17-18-29(37-21-26-13-9-7-10-14-26)24(3)20-33(5,36)31(34)19-30(25(4)32(35)39-28)38-22-27-15-11-8-12-16-27/h7-16,18,24-25,28-30,36H,6,19-22H2,1-5H3/t17?,24-,25-,28-,29-,30+,33-/m1/s1. The number of carbonyl (C=O) groups is 2. The lowest BCUT2D eigenvalue weighted by atomic mass is 9.83. The first kappa shape index (κ1) is 30.5. The number of aliphatic hydroxyl groups is 1. The summed E-state index contributed by atoms with van der Waals surface area (Å²) in [6.07, 6.45) is 0.847. The number of Topliss-reactive ketones (excluding diaryl/α,β-unsaturated/α-hetero) is 1. The average Bonchev–Trinajstić information content (AvgIpc) is 2.93. The van der Waals surface area contributed by atoms with E-state index in [1.54, 1.807) is 6.92 Å². The molecule has 1 aliphatic rings. The molecule has 0 aliphatic carbocycles. The van der Waals surface area contributed by atoms with Crippen LogP contribution in [0.4, 0.5) is 0 Å². The van der Waals surface area contributed by atoms with Gasteiger partial charge in [0.15, 0.2) is 5.78 Å². The molecular formula is C33H42O6. The molecule has 2 aromatic rings. The fourth-order valence-electron chi connectivity index (χ4n) is 4.74. The lowest BCUT2D eigenvalue weighted by Crippen LogP contribution is -2.43. The van der Waals surface area contributed by atoms with Crippen LogP contribution in [0, 0.1) is 11.8 Å². The molecule has 0 amide bonds. The van der Waals surface area contributed by atoms with Gasteiger partial charge in [-0.05, 0) is 56.7 Å². The van der Waals surface area contributed by atoms with Gasteiger partial charge < -0.3 is 19.3 Å². The van der Waals surface area contributed by atoms with E-state index in [1.165, 1.54) is 6.92 Å². The van der Waals surface area contributed by atoms with Crippen molar-refractivity contribution in [2.45, 2.75) is 91.0 Å². The van der Waals surface area contributed by atoms with Gasteiger partial charge in [0.25, 0.3) is 0 Å². The second kappa shape index (κ2) is 14.4. The van der Waals surface area contributed by atoms with Gasteiger partial charge in [-0.25, -0.2) is 0 Å². The van der Waals surface area contributed by atoms with E-state index in [2.05, 4.69) is 5.73 Å². The smallest absolute Gasteiger partial charge is 0.311 e. The van der Waals surface area contributed by atoms with Crippen molar-refractivity contribution >= 4 is 11.8 Å². The number of ketones is 1. The van der Waals surface area contributed by atoms with Gasteiger partial charge in [-0.2, -0.15) is 0 Å². The Bertz CT molecular complexity index is 1130. The molecule has 0 unspecified atom stereocenters. The summed E-state index contributed by atoms with van der Waals surface area (Å²) in [5, 5.41) is 11.3. The van der Waals surface area contributed by atoms with Crippen molar-refractivity contribution < 1.29 is 28.9 Å². The Morgan fingerprint density at radius 3 is 2.10 bits per heavy atom. The van der Waals surface area contributed by atoms with Gasteiger partial charge in [-0.1, -0.05) is 74.5 Å². The zero-order valence-electron chi connectivity index (χ0n) is 23.8. The Morgan fingerprint density at radius 1 is 0.974 bits per heavy atom. The minimum Gasteiger partial charge on any atom is -0.457 e. The molecule has 39 heavy (non-hydrogen) atoms. The number of carbonyl (C=O) groups excluding carboxylic acids is 2. The van der Waals surface area contributed by atoms with Gasteiger partial charge in [0.1, 0.15) is 11.7 Å². The van der Waals surface area contributed by atoms with Crippen LogP contribution in [-0.4, -0.2) is 40.8 Å². The van der Waals surface area contributed by atoms with E-state index in [-0.39, 0.29) is 31.1 Å². The summed E-state index contributed by atoms with van der Waals surface area (Å²) >= 11 is 0. The number of hydrogen-bond donors (Lipinski definition) is 1. The van der Waals surface area contributed by atoms with Crippen LogP contribution in [0.1, 0.15) is 65.0 Å². The molecule has 1 heterocycles. The van der Waals surface area contributed by atoms with Crippen LogP contribution >= 0.6 is 0 Å². The van der Waals surface area contributed by atoms with Crippen LogP contribution in [0.5, 0.6) is 0 Å². The van der Waals surface area contributed by atoms with Crippen molar-refractivity contribution in [1.82, 2.24) is 0 Å². The maximum atomic E-state index is 13.4. The molecule has 0 fully saturated rings. The Hall–Kier alpha value is -3.02. The van der Waals surface area contributed by atoms with E-state index in [4.69, 9.17) is 14.2 Å².